The number of carboxylic acids is 1. The molecule has 0 aromatic heterocycles. The van der Waals surface area contributed by atoms with Crippen molar-refractivity contribution in [2.24, 2.45) is 0 Å². The molecule has 0 rings (SSSR count). The van der Waals surface area contributed by atoms with E-state index in [9.17, 15) is 19.5 Å². The van der Waals surface area contributed by atoms with Gasteiger partial charge in [0, 0.05) is 12.8 Å². The van der Waals surface area contributed by atoms with Gasteiger partial charge in [0.15, 0.2) is 6.10 Å². The molecule has 0 radical (unpaired) electrons. The van der Waals surface area contributed by atoms with Gasteiger partial charge < -0.3 is 28.5 Å². The normalized spacial score (nSPS) is 12.7. The average Bonchev–Trinajstić information content (AvgIpc) is 3.55. The van der Waals surface area contributed by atoms with E-state index in [1.807, 2.05) is 21.1 Å². The van der Waals surface area contributed by atoms with Crippen LogP contribution in [-0.2, 0) is 33.3 Å². The highest BCUT2D eigenvalue weighted by molar-refractivity contribution is 5.71. The lowest BCUT2D eigenvalue weighted by atomic mass is 10.0. The van der Waals surface area contributed by atoms with Crippen LogP contribution in [0.3, 0.4) is 0 Å². The number of ether oxygens (including phenoxy) is 4. The lowest BCUT2D eigenvalue weighted by molar-refractivity contribution is -0.870. The van der Waals surface area contributed by atoms with Gasteiger partial charge in [-0.05, 0) is 44.9 Å². The van der Waals surface area contributed by atoms with Crippen molar-refractivity contribution in [3.05, 3.63) is 24.3 Å². The smallest absolute Gasteiger partial charge is 0.361 e. The molecule has 0 bridgehead atoms. The second-order valence-electron chi connectivity index (χ2n) is 26.6. The summed E-state index contributed by atoms with van der Waals surface area (Å²) in [5.41, 5.74) is 0. The molecule has 84 heavy (non-hydrogen) atoms. The maximum Gasteiger partial charge on any atom is 0.361 e. The van der Waals surface area contributed by atoms with Crippen LogP contribution in [-0.4, -0.2) is 87.4 Å². The molecule has 0 heterocycles. The predicted molar refractivity (Wildman–Crippen MR) is 360 cm³/mol. The maximum absolute atomic E-state index is 12.9. The highest BCUT2D eigenvalue weighted by atomic mass is 16.7. The quantitative estimate of drug-likeness (QED) is 0.0211. The lowest BCUT2D eigenvalue weighted by Gasteiger charge is -2.25. The number of hydrogen-bond acceptors (Lipinski definition) is 7. The van der Waals surface area contributed by atoms with E-state index in [1.54, 1.807) is 0 Å². The average molecular weight is 1190 g/mol. The third-order valence-corrected chi connectivity index (χ3v) is 17.0. The minimum Gasteiger partial charge on any atom is -0.477 e. The number of rotatable bonds is 70. The summed E-state index contributed by atoms with van der Waals surface area (Å²) >= 11 is 0. The molecule has 2 atom stereocenters. The predicted octanol–water partition coefficient (Wildman–Crippen LogP) is 23.0. The monoisotopic (exact) mass is 1190 g/mol. The zero-order valence-corrected chi connectivity index (χ0v) is 56.8. The molecule has 0 amide bonds. The van der Waals surface area contributed by atoms with Crippen LogP contribution in [0.2, 0.25) is 0 Å². The molecule has 0 aliphatic carbocycles. The second kappa shape index (κ2) is 66.7. The van der Waals surface area contributed by atoms with Crippen LogP contribution in [0.5, 0.6) is 0 Å². The van der Waals surface area contributed by atoms with Crippen molar-refractivity contribution in [2.45, 2.75) is 392 Å². The number of carboxylic acid groups (broad SMARTS) is 1. The Kier molecular flexibility index (Phi) is 64.9. The van der Waals surface area contributed by atoms with E-state index >= 15 is 0 Å². The molecule has 0 fully saturated rings. The van der Waals surface area contributed by atoms with Gasteiger partial charge in [0.2, 0.25) is 0 Å². The number of carbonyl (C=O) groups is 3. The van der Waals surface area contributed by atoms with Crippen molar-refractivity contribution in [3.8, 4) is 0 Å². The van der Waals surface area contributed by atoms with Crippen LogP contribution in [0.15, 0.2) is 24.3 Å². The Labute approximate surface area is 522 Å². The number of quaternary nitrogens is 1. The topological polar surface area (TPSA) is 108 Å². The van der Waals surface area contributed by atoms with Gasteiger partial charge in [-0.2, -0.15) is 0 Å². The third-order valence-electron chi connectivity index (χ3n) is 17.0. The molecule has 0 saturated carbocycles. The molecule has 0 spiro atoms. The van der Waals surface area contributed by atoms with E-state index in [-0.39, 0.29) is 32.2 Å². The maximum atomic E-state index is 12.9. The Morgan fingerprint density at radius 3 is 0.940 bits per heavy atom. The molecular weight excluding hydrogens is 1040 g/mol. The number of carbonyl (C=O) groups excluding carboxylic acids is 2. The summed E-state index contributed by atoms with van der Waals surface area (Å²) in [5, 5.41) is 9.74. The van der Waals surface area contributed by atoms with E-state index in [2.05, 4.69) is 38.2 Å². The second-order valence-corrected chi connectivity index (χ2v) is 26.6. The molecule has 9 heteroatoms. The standard InChI is InChI=1S/C75H143NO8/c1-6-8-10-12-14-16-18-20-22-24-26-28-29-30-31-32-33-34-35-36-37-38-39-40-41-42-43-44-46-47-49-51-53-55-57-59-61-63-65-72(77)82-69-71(70-83-75(74(79)80)81-68-67-76(3,4)5)84-73(78)66-64-62-60-58-56-54-52-50-48-45-27-25-23-21-19-17-15-13-11-9-7-2/h19,21,25,27,71,75H,6-18,20,22-24,26,28-70H2,1-5H3/p+1/b21-19-,27-25-. The molecule has 0 aromatic carbocycles. The highest BCUT2D eigenvalue weighted by Gasteiger charge is 2.25. The molecular formula is C75H144NO8+. The van der Waals surface area contributed by atoms with Crippen LogP contribution in [0.4, 0.5) is 0 Å². The molecule has 0 aliphatic rings. The van der Waals surface area contributed by atoms with Crippen molar-refractivity contribution in [1.82, 2.24) is 0 Å². The minimum atomic E-state index is -1.51. The van der Waals surface area contributed by atoms with E-state index < -0.39 is 24.3 Å². The van der Waals surface area contributed by atoms with Gasteiger partial charge in [-0.25, -0.2) is 4.79 Å². The van der Waals surface area contributed by atoms with E-state index in [0.29, 0.717) is 17.4 Å². The number of esters is 2. The van der Waals surface area contributed by atoms with Crippen LogP contribution in [0.1, 0.15) is 380 Å². The largest absolute Gasteiger partial charge is 0.477 e. The van der Waals surface area contributed by atoms with Gasteiger partial charge in [-0.3, -0.25) is 9.59 Å². The van der Waals surface area contributed by atoms with Crippen molar-refractivity contribution in [2.75, 3.05) is 47.5 Å². The van der Waals surface area contributed by atoms with Gasteiger partial charge in [0.1, 0.15) is 13.2 Å². The highest BCUT2D eigenvalue weighted by Crippen LogP contribution is 2.19. The fraction of sp³-hybridized carbons (Fsp3) is 0.907. The molecule has 2 unspecified atom stereocenters. The van der Waals surface area contributed by atoms with Crippen LogP contribution < -0.4 is 0 Å². The molecule has 0 saturated heterocycles. The zero-order valence-electron chi connectivity index (χ0n) is 56.8. The fourth-order valence-electron chi connectivity index (χ4n) is 11.3. The summed E-state index contributed by atoms with van der Waals surface area (Å²) in [5.74, 6) is -1.98. The summed E-state index contributed by atoms with van der Waals surface area (Å²) < 4.78 is 23.0. The van der Waals surface area contributed by atoms with E-state index in [0.717, 1.165) is 51.4 Å². The first-order chi connectivity index (χ1) is 41.1. The summed E-state index contributed by atoms with van der Waals surface area (Å²) in [7, 11) is 5.99. The van der Waals surface area contributed by atoms with Gasteiger partial charge in [0.05, 0.1) is 34.4 Å². The van der Waals surface area contributed by atoms with E-state index in [1.165, 1.54) is 302 Å². The van der Waals surface area contributed by atoms with Crippen LogP contribution in [0, 0.1) is 0 Å². The summed E-state index contributed by atoms with van der Waals surface area (Å²) in [6.07, 6.45) is 80.4. The van der Waals surface area contributed by atoms with Crippen molar-refractivity contribution in [1.29, 1.82) is 0 Å². The lowest BCUT2D eigenvalue weighted by Crippen LogP contribution is -2.40. The SMILES string of the molecule is CCCCCCC/C=C\C/C=C\CCCCCCCCCCCC(=O)OC(COC(=O)CCCCCCCCCCCCCCCCCCCCCCCCCCCCCCCCCCCCCCCC)COC(OCC[N+](C)(C)C)C(=O)O. The summed E-state index contributed by atoms with van der Waals surface area (Å²) in [6, 6.07) is 0. The third kappa shape index (κ3) is 67.3. The number of aliphatic carboxylic acids is 1. The van der Waals surface area contributed by atoms with Crippen molar-refractivity contribution >= 4 is 17.9 Å². The fourth-order valence-corrected chi connectivity index (χ4v) is 11.3. The number of unbranched alkanes of at least 4 members (excludes halogenated alkanes) is 51. The first-order valence-corrected chi connectivity index (χ1v) is 37.0. The van der Waals surface area contributed by atoms with Crippen LogP contribution >= 0.6 is 0 Å². The van der Waals surface area contributed by atoms with Crippen molar-refractivity contribution in [3.63, 3.8) is 0 Å². The summed E-state index contributed by atoms with van der Waals surface area (Å²) in [4.78, 5) is 37.6. The van der Waals surface area contributed by atoms with E-state index in [4.69, 9.17) is 18.9 Å². The Morgan fingerprint density at radius 1 is 0.357 bits per heavy atom. The molecule has 9 nitrogen and oxygen atoms in total. The molecule has 0 aromatic rings. The van der Waals surface area contributed by atoms with Gasteiger partial charge in [-0.1, -0.05) is 346 Å². The first-order valence-electron chi connectivity index (χ1n) is 37.0. The Hall–Kier alpha value is -2.23. The van der Waals surface area contributed by atoms with Gasteiger partial charge in [-0.15, -0.1) is 0 Å². The first kappa shape index (κ1) is 81.8. The van der Waals surface area contributed by atoms with Crippen LogP contribution in [0.25, 0.3) is 0 Å². The Balaban J connectivity index is 3.94. The Bertz CT molecular complexity index is 1430. The van der Waals surface area contributed by atoms with Gasteiger partial charge >= 0.3 is 17.9 Å². The minimum absolute atomic E-state index is 0.178. The number of likely N-dealkylation sites (N-methyl/N-ethyl adjacent to an activating group) is 1. The molecule has 0 aliphatic heterocycles. The summed E-state index contributed by atoms with van der Waals surface area (Å²) in [6.45, 7) is 4.93. The Morgan fingerprint density at radius 2 is 0.643 bits per heavy atom. The number of nitrogens with zero attached hydrogens (tertiary/aromatic N) is 1. The van der Waals surface area contributed by atoms with Crippen molar-refractivity contribution < 1.29 is 42.9 Å². The molecule has 496 valence electrons. The zero-order chi connectivity index (χ0) is 61.2. The number of hydrogen-bond donors (Lipinski definition) is 1. The van der Waals surface area contributed by atoms with Gasteiger partial charge in [0.25, 0.3) is 6.29 Å². The molecule has 1 N–H and O–H groups in total. The number of allylic oxidation sites excluding steroid dienone is 4.